The molecule has 0 spiro atoms. The van der Waals surface area contributed by atoms with E-state index in [1.165, 1.54) is 28.3 Å². The Hall–Kier alpha value is -4.90. The van der Waals surface area contributed by atoms with Gasteiger partial charge in [-0.2, -0.15) is 0 Å². The zero-order chi connectivity index (χ0) is 29.8. The lowest BCUT2D eigenvalue weighted by Gasteiger charge is -2.27. The predicted molar refractivity (Wildman–Crippen MR) is 166 cm³/mol. The predicted octanol–water partition coefficient (Wildman–Crippen LogP) is 9.02. The molecule has 0 atom stereocenters. The third-order valence-corrected chi connectivity index (χ3v) is 6.95. The first-order valence-corrected chi connectivity index (χ1v) is 13.4. The lowest BCUT2D eigenvalue weighted by atomic mass is 10.0. The highest BCUT2D eigenvalue weighted by Gasteiger charge is 2.16. The molecule has 5 nitrogen and oxygen atoms in total. The Labute approximate surface area is 242 Å². The van der Waals surface area contributed by atoms with Crippen molar-refractivity contribution in [3.8, 4) is 22.6 Å². The topological polar surface area (TPSA) is 55.8 Å². The van der Waals surface area contributed by atoms with Crippen molar-refractivity contribution >= 4 is 29.0 Å². The molecular weight excluding hydrogens is 510 g/mol. The van der Waals surface area contributed by atoms with Crippen LogP contribution in [0.25, 0.3) is 11.1 Å². The van der Waals surface area contributed by atoms with Crippen LogP contribution in [0.2, 0.25) is 0 Å². The van der Waals surface area contributed by atoms with Crippen LogP contribution in [-0.4, -0.2) is 11.9 Å². The van der Waals surface area contributed by atoms with E-state index in [0.717, 1.165) is 28.2 Å². The van der Waals surface area contributed by atoms with Gasteiger partial charge < -0.3 is 14.4 Å². The summed E-state index contributed by atoms with van der Waals surface area (Å²) in [5, 5.41) is 0. The summed E-state index contributed by atoms with van der Waals surface area (Å²) in [5.41, 5.74) is 10.1. The van der Waals surface area contributed by atoms with E-state index in [0.29, 0.717) is 0 Å². The maximum Gasteiger partial charge on any atom is 0.338 e. The van der Waals surface area contributed by atoms with Gasteiger partial charge in [0.05, 0.1) is 0 Å². The lowest BCUT2D eigenvalue weighted by molar-refractivity contribution is -0.130. The number of hydrogen-bond donors (Lipinski definition) is 0. The fourth-order valence-corrected chi connectivity index (χ4v) is 4.22. The van der Waals surface area contributed by atoms with Gasteiger partial charge in [0.1, 0.15) is 11.5 Å². The van der Waals surface area contributed by atoms with Crippen LogP contribution in [0.1, 0.15) is 36.1 Å². The van der Waals surface area contributed by atoms with E-state index >= 15 is 0 Å². The minimum Gasteiger partial charge on any atom is -0.423 e. The van der Waals surface area contributed by atoms with E-state index in [9.17, 15) is 9.59 Å². The molecular formula is C36H35NO4. The second-order valence-corrected chi connectivity index (χ2v) is 10.5. The number of hydrogen-bond acceptors (Lipinski definition) is 5. The zero-order valence-electron chi connectivity index (χ0n) is 24.5. The van der Waals surface area contributed by atoms with Gasteiger partial charge in [-0.3, -0.25) is 0 Å². The van der Waals surface area contributed by atoms with Gasteiger partial charge in [-0.05, 0) is 123 Å². The van der Waals surface area contributed by atoms with Gasteiger partial charge in [-0.25, -0.2) is 9.59 Å². The van der Waals surface area contributed by atoms with Crippen LogP contribution in [0.3, 0.4) is 0 Å². The smallest absolute Gasteiger partial charge is 0.338 e. The minimum absolute atomic E-state index is 0.246. The van der Waals surface area contributed by atoms with Crippen molar-refractivity contribution in [1.82, 2.24) is 0 Å². The summed E-state index contributed by atoms with van der Waals surface area (Å²) < 4.78 is 11.0. The van der Waals surface area contributed by atoms with Crippen molar-refractivity contribution in [2.45, 2.75) is 41.5 Å². The number of anilines is 3. The van der Waals surface area contributed by atoms with Gasteiger partial charge in [-0.1, -0.05) is 37.4 Å². The number of esters is 2. The maximum atomic E-state index is 12.2. The number of rotatable bonds is 8. The quantitative estimate of drug-likeness (QED) is 0.126. The van der Waals surface area contributed by atoms with Gasteiger partial charge in [0.25, 0.3) is 0 Å². The summed E-state index contributed by atoms with van der Waals surface area (Å²) in [4.78, 5) is 26.7. The van der Waals surface area contributed by atoms with Gasteiger partial charge in [-0.15, -0.1) is 0 Å². The molecule has 0 fully saturated rings. The molecule has 4 aromatic carbocycles. The number of nitrogens with zero attached hydrogens (tertiary/aromatic N) is 1. The summed E-state index contributed by atoms with van der Waals surface area (Å²) in [7, 11) is 0. The molecule has 4 aromatic rings. The molecule has 41 heavy (non-hydrogen) atoms. The molecule has 0 saturated carbocycles. The lowest BCUT2D eigenvalue weighted by Crippen LogP contribution is -2.11. The molecule has 0 heterocycles. The summed E-state index contributed by atoms with van der Waals surface area (Å²) in [6, 6.07) is 26.0. The van der Waals surface area contributed by atoms with E-state index < -0.39 is 11.9 Å². The molecule has 0 aromatic heterocycles. The highest BCUT2D eigenvalue weighted by Crippen LogP contribution is 2.38. The van der Waals surface area contributed by atoms with Gasteiger partial charge >= 0.3 is 11.9 Å². The molecule has 5 heteroatoms. The molecule has 0 radical (unpaired) electrons. The van der Waals surface area contributed by atoms with Crippen molar-refractivity contribution in [1.29, 1.82) is 0 Å². The third kappa shape index (κ3) is 6.82. The molecule has 0 unspecified atom stereocenters. The molecule has 0 aliphatic heterocycles. The molecule has 0 aliphatic carbocycles. The van der Waals surface area contributed by atoms with Gasteiger partial charge in [0, 0.05) is 34.3 Å². The van der Waals surface area contributed by atoms with E-state index in [1.807, 2.05) is 24.3 Å². The standard InChI is InChI=1S/C36H35NO4/c1-22(2)35(38)40-33-19-29(20-34(21-33)41-36(39)23(3)4)28-11-15-30(16-12-28)37(31-13-9-24(5)26(7)17-31)32-14-10-25(6)27(8)18-32/h9-21H,1,3H2,2,4-8H3. The number of carbonyl (C=O) groups excluding carboxylic acids is 2. The molecule has 4 rings (SSSR count). The normalized spacial score (nSPS) is 10.6. The second kappa shape index (κ2) is 12.1. The number of ether oxygens (including phenoxy) is 2. The van der Waals surface area contributed by atoms with Crippen LogP contribution in [0.15, 0.2) is 103 Å². The second-order valence-electron chi connectivity index (χ2n) is 10.5. The summed E-state index contributed by atoms with van der Waals surface area (Å²) in [6.45, 7) is 18.9. The molecule has 0 bridgehead atoms. The molecule has 208 valence electrons. The van der Waals surface area contributed by atoms with Crippen LogP contribution < -0.4 is 14.4 Å². The Morgan fingerprint density at radius 2 is 0.951 bits per heavy atom. The Balaban J connectivity index is 1.77. The first kappa shape index (κ1) is 29.1. The van der Waals surface area contributed by atoms with Crippen LogP contribution in [0.4, 0.5) is 17.1 Å². The summed E-state index contributed by atoms with van der Waals surface area (Å²) in [6.07, 6.45) is 0. The van der Waals surface area contributed by atoms with E-state index in [1.54, 1.807) is 26.0 Å². The van der Waals surface area contributed by atoms with Gasteiger partial charge in [0.15, 0.2) is 0 Å². The average molecular weight is 546 g/mol. The van der Waals surface area contributed by atoms with Crippen LogP contribution in [0, 0.1) is 27.7 Å². The average Bonchev–Trinajstić information content (AvgIpc) is 2.93. The molecule has 0 aliphatic rings. The maximum absolute atomic E-state index is 12.2. The highest BCUT2D eigenvalue weighted by molar-refractivity contribution is 5.90. The van der Waals surface area contributed by atoms with E-state index in [4.69, 9.17) is 9.47 Å². The third-order valence-electron chi connectivity index (χ3n) is 6.95. The first-order chi connectivity index (χ1) is 19.4. The Bertz CT molecular complexity index is 1570. The number of carbonyl (C=O) groups is 2. The highest BCUT2D eigenvalue weighted by atomic mass is 16.5. The van der Waals surface area contributed by atoms with Crippen molar-refractivity contribution < 1.29 is 19.1 Å². The van der Waals surface area contributed by atoms with E-state index in [2.05, 4.69) is 82.2 Å². The largest absolute Gasteiger partial charge is 0.423 e. The minimum atomic E-state index is -0.563. The van der Waals surface area contributed by atoms with Crippen molar-refractivity contribution in [2.75, 3.05) is 4.90 Å². The van der Waals surface area contributed by atoms with Crippen LogP contribution >= 0.6 is 0 Å². The van der Waals surface area contributed by atoms with E-state index in [-0.39, 0.29) is 22.6 Å². The number of aryl methyl sites for hydroxylation is 4. The van der Waals surface area contributed by atoms with Crippen LogP contribution in [0.5, 0.6) is 11.5 Å². The Kier molecular flexibility index (Phi) is 8.58. The molecule has 0 N–H and O–H groups in total. The first-order valence-electron chi connectivity index (χ1n) is 13.4. The van der Waals surface area contributed by atoms with Crippen molar-refractivity contribution in [3.05, 3.63) is 125 Å². The SMILES string of the molecule is C=C(C)C(=O)Oc1cc(OC(=O)C(=C)C)cc(-c2ccc(N(c3ccc(C)c(C)c3)c3ccc(C)c(C)c3)cc2)c1. The Morgan fingerprint density at radius 3 is 1.34 bits per heavy atom. The fraction of sp³-hybridized carbons (Fsp3) is 0.167. The Morgan fingerprint density at radius 1 is 0.537 bits per heavy atom. The van der Waals surface area contributed by atoms with Gasteiger partial charge in [0.2, 0.25) is 0 Å². The fourth-order valence-electron chi connectivity index (χ4n) is 4.22. The summed E-state index contributed by atoms with van der Waals surface area (Å²) >= 11 is 0. The van der Waals surface area contributed by atoms with Crippen molar-refractivity contribution in [3.63, 3.8) is 0 Å². The molecule has 0 saturated heterocycles. The summed E-state index contributed by atoms with van der Waals surface area (Å²) in [5.74, 6) is -0.633. The molecule has 0 amide bonds. The van der Waals surface area contributed by atoms with Crippen LogP contribution in [-0.2, 0) is 9.59 Å². The number of benzene rings is 4. The zero-order valence-corrected chi connectivity index (χ0v) is 24.5. The van der Waals surface area contributed by atoms with Crippen molar-refractivity contribution in [2.24, 2.45) is 0 Å². The monoisotopic (exact) mass is 545 g/mol.